The summed E-state index contributed by atoms with van der Waals surface area (Å²) in [5, 5.41) is 3.79. The lowest BCUT2D eigenvalue weighted by molar-refractivity contribution is 0.338. The number of rotatable bonds is 3. The Morgan fingerprint density at radius 3 is 2.91 bits per heavy atom. The molecule has 4 rings (SSSR count). The highest BCUT2D eigenvalue weighted by molar-refractivity contribution is 5.61. The fraction of sp³-hybridized carbons (Fsp3) is 0.333. The van der Waals surface area contributed by atoms with E-state index in [2.05, 4.69) is 66.9 Å². The van der Waals surface area contributed by atoms with Gasteiger partial charge in [-0.15, -0.1) is 0 Å². The monoisotopic (exact) mass is 305 g/mol. The Kier molecular flexibility index (Phi) is 3.60. The molecule has 3 atom stereocenters. The third-order valence-electron chi connectivity index (χ3n) is 5.05. The summed E-state index contributed by atoms with van der Waals surface area (Å²) in [6.07, 6.45) is 5.85. The molecule has 1 N–H and O–H groups in total. The predicted molar refractivity (Wildman–Crippen MR) is 95.1 cm³/mol. The summed E-state index contributed by atoms with van der Waals surface area (Å²) in [6, 6.07) is 15.7. The molecule has 1 heterocycles. The van der Waals surface area contributed by atoms with E-state index in [1.807, 2.05) is 6.92 Å². The van der Waals surface area contributed by atoms with Crippen LogP contribution in [0.15, 0.2) is 54.6 Å². The van der Waals surface area contributed by atoms with Crippen LogP contribution in [0.25, 0.3) is 0 Å². The highest BCUT2D eigenvalue weighted by Gasteiger charge is 2.37. The number of aryl methyl sites for hydroxylation is 1. The van der Waals surface area contributed by atoms with E-state index in [1.54, 1.807) is 0 Å². The van der Waals surface area contributed by atoms with Gasteiger partial charge in [0.25, 0.3) is 0 Å². The van der Waals surface area contributed by atoms with E-state index in [9.17, 15) is 0 Å². The lowest BCUT2D eigenvalue weighted by atomic mass is 9.77. The van der Waals surface area contributed by atoms with Gasteiger partial charge in [0.15, 0.2) is 0 Å². The number of benzene rings is 2. The highest BCUT2D eigenvalue weighted by Crippen LogP contribution is 2.50. The molecule has 3 unspecified atom stereocenters. The zero-order chi connectivity index (χ0) is 15.8. The average molecular weight is 305 g/mol. The van der Waals surface area contributed by atoms with Gasteiger partial charge in [-0.2, -0.15) is 0 Å². The first-order valence-corrected chi connectivity index (χ1v) is 8.53. The molecule has 0 amide bonds. The van der Waals surface area contributed by atoms with Gasteiger partial charge in [-0.05, 0) is 55.5 Å². The fourth-order valence-electron chi connectivity index (χ4n) is 4.02. The largest absolute Gasteiger partial charge is 0.494 e. The van der Waals surface area contributed by atoms with Crippen molar-refractivity contribution >= 4 is 5.69 Å². The topological polar surface area (TPSA) is 21.3 Å². The minimum Gasteiger partial charge on any atom is -0.494 e. The summed E-state index contributed by atoms with van der Waals surface area (Å²) in [6.45, 7) is 4.91. The molecule has 2 nitrogen and oxygen atoms in total. The second kappa shape index (κ2) is 5.77. The molecule has 0 saturated carbocycles. The van der Waals surface area contributed by atoms with Crippen molar-refractivity contribution in [3.05, 3.63) is 71.3 Å². The van der Waals surface area contributed by atoms with Crippen LogP contribution in [0.5, 0.6) is 5.75 Å². The van der Waals surface area contributed by atoms with Crippen LogP contribution >= 0.6 is 0 Å². The van der Waals surface area contributed by atoms with E-state index in [0.717, 1.165) is 12.2 Å². The molecule has 0 spiro atoms. The molecule has 2 aromatic rings. The van der Waals surface area contributed by atoms with Crippen LogP contribution in [0.4, 0.5) is 5.69 Å². The average Bonchev–Trinajstić information content (AvgIpc) is 3.04. The molecular weight excluding hydrogens is 282 g/mol. The van der Waals surface area contributed by atoms with E-state index in [4.69, 9.17) is 4.74 Å². The number of nitrogens with one attached hydrogen (secondary N) is 1. The Labute approximate surface area is 138 Å². The van der Waals surface area contributed by atoms with Gasteiger partial charge in [0.2, 0.25) is 0 Å². The maximum Gasteiger partial charge on any atom is 0.119 e. The zero-order valence-corrected chi connectivity index (χ0v) is 13.8. The smallest absolute Gasteiger partial charge is 0.119 e. The van der Waals surface area contributed by atoms with Crippen molar-refractivity contribution in [2.75, 3.05) is 11.9 Å². The van der Waals surface area contributed by atoms with Crippen molar-refractivity contribution in [2.24, 2.45) is 5.92 Å². The summed E-state index contributed by atoms with van der Waals surface area (Å²) in [5.74, 6) is 2.04. The lowest BCUT2D eigenvalue weighted by Crippen LogP contribution is -2.29. The molecule has 2 heteroatoms. The molecule has 0 fully saturated rings. The number of ether oxygens (including phenoxy) is 1. The summed E-state index contributed by atoms with van der Waals surface area (Å²) in [5.41, 5.74) is 5.33. The van der Waals surface area contributed by atoms with Gasteiger partial charge in [-0.25, -0.2) is 0 Å². The number of anilines is 1. The van der Waals surface area contributed by atoms with Crippen molar-refractivity contribution < 1.29 is 4.74 Å². The lowest BCUT2D eigenvalue weighted by Gasteiger charge is -2.37. The molecule has 0 radical (unpaired) electrons. The molecule has 2 aliphatic rings. The molecule has 1 aliphatic heterocycles. The van der Waals surface area contributed by atoms with Crippen LogP contribution in [0, 0.1) is 12.8 Å². The van der Waals surface area contributed by atoms with Gasteiger partial charge in [0, 0.05) is 11.6 Å². The second-order valence-corrected chi connectivity index (χ2v) is 6.57. The van der Waals surface area contributed by atoms with Gasteiger partial charge >= 0.3 is 0 Å². The Bertz CT molecular complexity index is 749. The van der Waals surface area contributed by atoms with Crippen LogP contribution < -0.4 is 10.1 Å². The number of hydrogen-bond donors (Lipinski definition) is 1. The minimum absolute atomic E-state index is 0.375. The Morgan fingerprint density at radius 2 is 2.09 bits per heavy atom. The molecule has 0 bridgehead atoms. The molecule has 23 heavy (non-hydrogen) atoms. The number of hydrogen-bond acceptors (Lipinski definition) is 2. The maximum absolute atomic E-state index is 5.70. The van der Waals surface area contributed by atoms with Gasteiger partial charge in [0.1, 0.15) is 5.75 Å². The first kappa shape index (κ1) is 14.4. The maximum atomic E-state index is 5.70. The molecule has 118 valence electrons. The van der Waals surface area contributed by atoms with Crippen LogP contribution in [0.1, 0.15) is 42.0 Å². The van der Waals surface area contributed by atoms with Crippen LogP contribution in [0.3, 0.4) is 0 Å². The standard InChI is InChI=1S/C21H23NO/c1-3-23-16-10-11-20-19(13-16)17-8-5-9-18(17)21(22-20)15-7-4-6-14(2)12-15/h4-8,10-13,17-18,21-22H,3,9H2,1-2H3. The Morgan fingerprint density at radius 1 is 1.17 bits per heavy atom. The number of allylic oxidation sites excluding steroid dienone is 2. The van der Waals surface area contributed by atoms with Crippen LogP contribution in [-0.2, 0) is 0 Å². The van der Waals surface area contributed by atoms with E-state index in [0.29, 0.717) is 24.5 Å². The Balaban J connectivity index is 1.74. The molecule has 0 aromatic heterocycles. The van der Waals surface area contributed by atoms with E-state index in [-0.39, 0.29) is 0 Å². The fourth-order valence-corrected chi connectivity index (χ4v) is 4.02. The summed E-state index contributed by atoms with van der Waals surface area (Å²) >= 11 is 0. The van der Waals surface area contributed by atoms with Crippen LogP contribution in [-0.4, -0.2) is 6.61 Å². The van der Waals surface area contributed by atoms with Crippen molar-refractivity contribution in [2.45, 2.75) is 32.2 Å². The minimum atomic E-state index is 0.375. The third kappa shape index (κ3) is 2.52. The summed E-state index contributed by atoms with van der Waals surface area (Å²) in [7, 11) is 0. The number of fused-ring (bicyclic) bond motifs is 3. The Hall–Kier alpha value is -2.22. The normalized spacial score (nSPS) is 24.7. The van der Waals surface area contributed by atoms with Gasteiger partial charge in [-0.1, -0.05) is 42.0 Å². The van der Waals surface area contributed by atoms with Gasteiger partial charge < -0.3 is 10.1 Å². The van der Waals surface area contributed by atoms with E-state index < -0.39 is 0 Å². The first-order valence-electron chi connectivity index (χ1n) is 8.53. The van der Waals surface area contributed by atoms with Gasteiger partial charge in [-0.3, -0.25) is 0 Å². The van der Waals surface area contributed by atoms with Crippen molar-refractivity contribution in [3.63, 3.8) is 0 Å². The molecule has 2 aromatic carbocycles. The summed E-state index contributed by atoms with van der Waals surface area (Å²) in [4.78, 5) is 0. The van der Waals surface area contributed by atoms with Crippen LogP contribution in [0.2, 0.25) is 0 Å². The van der Waals surface area contributed by atoms with E-state index >= 15 is 0 Å². The molecule has 1 aliphatic carbocycles. The SMILES string of the molecule is CCOc1ccc2c(c1)C1C=CCC1C(c1cccc(C)c1)N2. The summed E-state index contributed by atoms with van der Waals surface area (Å²) < 4.78 is 5.70. The van der Waals surface area contributed by atoms with Crippen molar-refractivity contribution in [3.8, 4) is 5.75 Å². The van der Waals surface area contributed by atoms with Crippen molar-refractivity contribution in [1.82, 2.24) is 0 Å². The quantitative estimate of drug-likeness (QED) is 0.785. The molecule has 0 saturated heterocycles. The predicted octanol–water partition coefficient (Wildman–Crippen LogP) is 5.22. The van der Waals surface area contributed by atoms with E-state index in [1.165, 1.54) is 22.4 Å². The zero-order valence-electron chi connectivity index (χ0n) is 13.8. The second-order valence-electron chi connectivity index (χ2n) is 6.57. The highest BCUT2D eigenvalue weighted by atomic mass is 16.5. The van der Waals surface area contributed by atoms with Gasteiger partial charge in [0.05, 0.1) is 12.6 Å². The first-order chi connectivity index (χ1) is 11.3. The molecular formula is C21H23NO. The van der Waals surface area contributed by atoms with Crippen molar-refractivity contribution in [1.29, 1.82) is 0 Å². The third-order valence-corrected chi connectivity index (χ3v) is 5.05.